The molecule has 0 fully saturated rings. The van der Waals surface area contributed by atoms with Gasteiger partial charge in [0.1, 0.15) is 17.4 Å². The summed E-state index contributed by atoms with van der Waals surface area (Å²) in [5, 5.41) is 10.8. The van der Waals surface area contributed by atoms with Gasteiger partial charge in [0.2, 0.25) is 0 Å². The lowest BCUT2D eigenvalue weighted by Gasteiger charge is -2.03. The number of aromatic amines is 1. The largest absolute Gasteiger partial charge is 0.338 e. The zero-order valence-corrected chi connectivity index (χ0v) is 14.0. The van der Waals surface area contributed by atoms with Crippen LogP contribution in [0.15, 0.2) is 53.7 Å². The van der Waals surface area contributed by atoms with Crippen molar-refractivity contribution in [1.82, 2.24) is 15.0 Å². The van der Waals surface area contributed by atoms with Gasteiger partial charge in [-0.05, 0) is 29.8 Å². The third-order valence-corrected chi connectivity index (χ3v) is 5.19. The summed E-state index contributed by atoms with van der Waals surface area (Å²) in [5.74, 6) is 0. The first-order valence-electron chi connectivity index (χ1n) is 7.44. The minimum atomic E-state index is -3.22. The third kappa shape index (κ3) is 2.62. The first-order valence-corrected chi connectivity index (χ1v) is 9.33. The van der Waals surface area contributed by atoms with Crippen LogP contribution in [0.1, 0.15) is 5.69 Å². The lowest BCUT2D eigenvalue weighted by molar-refractivity contribution is 0.602. The maximum absolute atomic E-state index is 11.6. The van der Waals surface area contributed by atoms with Crippen molar-refractivity contribution in [3.05, 3.63) is 54.5 Å². The van der Waals surface area contributed by atoms with E-state index in [1.165, 1.54) is 6.26 Å². The van der Waals surface area contributed by atoms with E-state index in [2.05, 4.69) is 15.0 Å². The molecule has 4 rings (SSSR count). The Labute approximate surface area is 143 Å². The van der Waals surface area contributed by atoms with Gasteiger partial charge in [0, 0.05) is 28.8 Å². The van der Waals surface area contributed by atoms with Crippen LogP contribution in [-0.2, 0) is 9.84 Å². The number of benzene rings is 1. The monoisotopic (exact) mass is 348 g/mol. The SMILES string of the molecule is CS(=O)(=O)c1ccc(-c2cnc3[nH]c4cnc(C#N)cc4c3c2)cc1. The molecule has 0 unspecified atom stereocenters. The number of nitriles is 1. The maximum Gasteiger partial charge on any atom is 0.175 e. The van der Waals surface area contributed by atoms with Crippen molar-refractivity contribution in [3.63, 3.8) is 0 Å². The summed E-state index contributed by atoms with van der Waals surface area (Å²) in [6.45, 7) is 0. The second kappa shape index (κ2) is 5.40. The number of sulfone groups is 1. The number of hydrogen-bond acceptors (Lipinski definition) is 5. The van der Waals surface area contributed by atoms with E-state index >= 15 is 0 Å². The average molecular weight is 348 g/mol. The number of rotatable bonds is 2. The van der Waals surface area contributed by atoms with Crippen LogP contribution in [-0.4, -0.2) is 29.6 Å². The number of nitrogens with one attached hydrogen (secondary N) is 1. The molecule has 7 heteroatoms. The van der Waals surface area contributed by atoms with E-state index in [1.807, 2.05) is 12.1 Å². The fraction of sp³-hybridized carbons (Fsp3) is 0.0556. The van der Waals surface area contributed by atoms with E-state index in [4.69, 9.17) is 5.26 Å². The molecule has 122 valence electrons. The van der Waals surface area contributed by atoms with Crippen molar-refractivity contribution in [3.8, 4) is 17.2 Å². The number of aromatic nitrogens is 3. The maximum atomic E-state index is 11.6. The Kier molecular flexibility index (Phi) is 3.30. The predicted octanol–water partition coefficient (Wildman–Crippen LogP) is 3.05. The standard InChI is InChI=1S/C18H12N4O2S/c1-25(23,24)14-4-2-11(3-5-14)12-6-16-15-7-13(8-19)20-10-17(15)22-18(16)21-9-12/h2-7,9-10H,1H3,(H,21,22). The number of pyridine rings is 2. The Morgan fingerprint density at radius 2 is 1.76 bits per heavy atom. The van der Waals surface area contributed by atoms with Gasteiger partial charge in [0.05, 0.1) is 16.6 Å². The molecule has 0 aliphatic rings. The molecule has 1 aromatic carbocycles. The molecule has 0 bridgehead atoms. The first-order chi connectivity index (χ1) is 12.0. The van der Waals surface area contributed by atoms with Crippen LogP contribution in [0.3, 0.4) is 0 Å². The molecule has 0 atom stereocenters. The van der Waals surface area contributed by atoms with Gasteiger partial charge in [-0.2, -0.15) is 5.26 Å². The summed E-state index contributed by atoms with van der Waals surface area (Å²) in [6.07, 6.45) is 4.53. The number of nitrogens with zero attached hydrogens (tertiary/aromatic N) is 3. The second-order valence-corrected chi connectivity index (χ2v) is 7.78. The van der Waals surface area contributed by atoms with Gasteiger partial charge in [-0.3, -0.25) is 0 Å². The Bertz CT molecular complexity index is 1270. The average Bonchev–Trinajstić information content (AvgIpc) is 2.98. The normalized spacial score (nSPS) is 11.7. The van der Waals surface area contributed by atoms with Gasteiger partial charge in [0.25, 0.3) is 0 Å². The van der Waals surface area contributed by atoms with Gasteiger partial charge < -0.3 is 4.98 Å². The highest BCUT2D eigenvalue weighted by atomic mass is 32.2. The topological polar surface area (TPSA) is 99.5 Å². The summed E-state index contributed by atoms with van der Waals surface area (Å²) >= 11 is 0. The van der Waals surface area contributed by atoms with Crippen LogP contribution >= 0.6 is 0 Å². The predicted molar refractivity (Wildman–Crippen MR) is 94.7 cm³/mol. The van der Waals surface area contributed by atoms with Crippen molar-refractivity contribution >= 4 is 31.8 Å². The Morgan fingerprint density at radius 3 is 2.44 bits per heavy atom. The van der Waals surface area contributed by atoms with E-state index in [9.17, 15) is 8.42 Å². The first kappa shape index (κ1) is 15.3. The van der Waals surface area contributed by atoms with Gasteiger partial charge in [-0.1, -0.05) is 12.1 Å². The van der Waals surface area contributed by atoms with E-state index < -0.39 is 9.84 Å². The smallest absolute Gasteiger partial charge is 0.175 e. The zero-order valence-electron chi connectivity index (χ0n) is 13.2. The molecule has 0 aliphatic carbocycles. The van der Waals surface area contributed by atoms with Crippen LogP contribution in [0.5, 0.6) is 0 Å². The molecular formula is C18H12N4O2S. The highest BCUT2D eigenvalue weighted by Crippen LogP contribution is 2.29. The van der Waals surface area contributed by atoms with Crippen molar-refractivity contribution in [2.75, 3.05) is 6.26 Å². The molecule has 4 aromatic rings. The Balaban J connectivity index is 1.88. The van der Waals surface area contributed by atoms with Gasteiger partial charge in [0.15, 0.2) is 9.84 Å². The Hall–Kier alpha value is -3.24. The summed E-state index contributed by atoms with van der Waals surface area (Å²) in [6, 6.07) is 12.4. The minimum absolute atomic E-state index is 0.280. The molecule has 3 aromatic heterocycles. The summed E-state index contributed by atoms with van der Waals surface area (Å²) in [5.41, 5.74) is 3.60. The summed E-state index contributed by atoms with van der Waals surface area (Å²) in [7, 11) is -3.22. The lowest BCUT2D eigenvalue weighted by atomic mass is 10.1. The number of hydrogen-bond donors (Lipinski definition) is 1. The fourth-order valence-electron chi connectivity index (χ4n) is 2.79. The highest BCUT2D eigenvalue weighted by molar-refractivity contribution is 7.90. The van der Waals surface area contributed by atoms with E-state index in [-0.39, 0.29) is 4.90 Å². The quantitative estimate of drug-likeness (QED) is 0.600. The van der Waals surface area contributed by atoms with Crippen LogP contribution in [0.25, 0.3) is 33.1 Å². The molecule has 0 saturated carbocycles. The molecule has 3 heterocycles. The third-order valence-electron chi connectivity index (χ3n) is 4.07. The molecule has 0 amide bonds. The van der Waals surface area contributed by atoms with Gasteiger partial charge in [-0.15, -0.1) is 0 Å². The van der Waals surface area contributed by atoms with E-state index in [0.717, 1.165) is 27.4 Å². The van der Waals surface area contributed by atoms with Crippen LogP contribution in [0.2, 0.25) is 0 Å². The van der Waals surface area contributed by atoms with Crippen molar-refractivity contribution < 1.29 is 8.42 Å². The highest BCUT2D eigenvalue weighted by Gasteiger charge is 2.10. The van der Waals surface area contributed by atoms with Gasteiger partial charge >= 0.3 is 0 Å². The van der Waals surface area contributed by atoms with Crippen molar-refractivity contribution in [1.29, 1.82) is 5.26 Å². The van der Waals surface area contributed by atoms with Crippen molar-refractivity contribution in [2.45, 2.75) is 4.90 Å². The fourth-order valence-corrected chi connectivity index (χ4v) is 3.42. The minimum Gasteiger partial charge on any atom is -0.338 e. The molecule has 0 radical (unpaired) electrons. The number of H-pyrrole nitrogens is 1. The molecule has 0 aliphatic heterocycles. The molecule has 0 spiro atoms. The van der Waals surface area contributed by atoms with Crippen molar-refractivity contribution in [2.24, 2.45) is 0 Å². The van der Waals surface area contributed by atoms with Crippen LogP contribution in [0.4, 0.5) is 0 Å². The molecule has 6 nitrogen and oxygen atoms in total. The number of fused-ring (bicyclic) bond motifs is 3. The molecule has 0 saturated heterocycles. The molecule has 1 N–H and O–H groups in total. The lowest BCUT2D eigenvalue weighted by Crippen LogP contribution is -1.96. The second-order valence-electron chi connectivity index (χ2n) is 5.77. The van der Waals surface area contributed by atoms with E-state index in [1.54, 1.807) is 42.7 Å². The van der Waals surface area contributed by atoms with E-state index in [0.29, 0.717) is 11.3 Å². The van der Waals surface area contributed by atoms with Crippen LogP contribution in [0, 0.1) is 11.3 Å². The summed E-state index contributed by atoms with van der Waals surface area (Å²) < 4.78 is 23.2. The van der Waals surface area contributed by atoms with Crippen LogP contribution < -0.4 is 0 Å². The summed E-state index contributed by atoms with van der Waals surface area (Å²) in [4.78, 5) is 11.9. The Morgan fingerprint density at radius 1 is 1.00 bits per heavy atom. The molecular weight excluding hydrogens is 336 g/mol. The zero-order chi connectivity index (χ0) is 17.6. The van der Waals surface area contributed by atoms with Gasteiger partial charge in [-0.25, -0.2) is 18.4 Å². The molecule has 25 heavy (non-hydrogen) atoms.